The summed E-state index contributed by atoms with van der Waals surface area (Å²) < 4.78 is 3.41. The van der Waals surface area contributed by atoms with E-state index in [-0.39, 0.29) is 42.1 Å². The summed E-state index contributed by atoms with van der Waals surface area (Å²) in [5.74, 6) is 5.29. The van der Waals surface area contributed by atoms with Gasteiger partial charge < -0.3 is 10.6 Å². The van der Waals surface area contributed by atoms with Crippen molar-refractivity contribution in [3.63, 3.8) is 0 Å². The zero-order valence-corrected chi connectivity index (χ0v) is 29.0. The van der Waals surface area contributed by atoms with E-state index in [0.29, 0.717) is 17.9 Å². The lowest BCUT2D eigenvalue weighted by atomic mass is 9.93. The second-order valence-electron chi connectivity index (χ2n) is 12.9. The van der Waals surface area contributed by atoms with Gasteiger partial charge in [0.2, 0.25) is 11.8 Å². The fourth-order valence-electron chi connectivity index (χ4n) is 6.41. The average molecular weight is 694 g/mol. The Hall–Kier alpha value is -6.68. The first-order valence-electron chi connectivity index (χ1n) is 16.8. The highest BCUT2D eigenvalue weighted by Crippen LogP contribution is 2.35. The van der Waals surface area contributed by atoms with Crippen LogP contribution in [0.4, 0.5) is 5.82 Å². The van der Waals surface area contributed by atoms with Crippen LogP contribution >= 0.6 is 0 Å². The fraction of sp³-hybridized carbons (Fsp3) is 0.231. The van der Waals surface area contributed by atoms with E-state index in [1.54, 1.807) is 34.5 Å². The van der Waals surface area contributed by atoms with Crippen LogP contribution in [0.15, 0.2) is 78.1 Å². The minimum atomic E-state index is -0.574. The molecule has 5 heterocycles. The van der Waals surface area contributed by atoms with Crippen LogP contribution in [0.25, 0.3) is 44.2 Å². The van der Waals surface area contributed by atoms with Gasteiger partial charge in [0.25, 0.3) is 5.91 Å². The van der Waals surface area contributed by atoms with Crippen molar-refractivity contribution in [3.8, 4) is 34.2 Å². The summed E-state index contributed by atoms with van der Waals surface area (Å²) in [6.45, 7) is 4.33. The molecule has 1 aliphatic heterocycles. The predicted octanol–water partition coefficient (Wildman–Crippen LogP) is 4.07. The minimum Gasteiger partial charge on any atom is -0.358 e. The van der Waals surface area contributed by atoms with Gasteiger partial charge in [-0.2, -0.15) is 0 Å². The van der Waals surface area contributed by atoms with Gasteiger partial charge in [-0.05, 0) is 70.7 Å². The maximum absolute atomic E-state index is 12.8. The molecule has 1 saturated heterocycles. The standard InChI is InChI=1S/C39H35N9O4/c1-22(2)28-15-25(17-33-36(28)48(4)39(52)47(33)3)27-9-5-7-23-16-32(42-20-29(23)27)24-10-11-30(41-19-24)37(50)40-14-6-8-26-18-34(44-21-43-26)45-31-12-13-35(49)46-38(31)51/h5,7,9-11,15-22,31H,12-14H2,1-4H3,(H,40,50)(H,43,44,45)(H,46,49,51). The number of nitrogens with one attached hydrogen (secondary N) is 3. The molecule has 0 spiro atoms. The SMILES string of the molecule is CC(C)c1cc(-c2cccc3cc(-c4ccc(C(=O)NCC#Cc5cc(NC6CCC(=O)NC6=O)ncn5)nc4)ncc23)cc2c1n(C)c(=O)n2C. The summed E-state index contributed by atoms with van der Waals surface area (Å²) in [5, 5.41) is 10.0. The van der Waals surface area contributed by atoms with Gasteiger partial charge in [0.1, 0.15) is 29.6 Å². The Morgan fingerprint density at radius 1 is 0.962 bits per heavy atom. The number of hydrogen-bond acceptors (Lipinski definition) is 9. The molecule has 1 atom stereocenters. The Bertz CT molecular complexity index is 2520. The Balaban J connectivity index is 1.03. The second kappa shape index (κ2) is 13.9. The van der Waals surface area contributed by atoms with Crippen LogP contribution in [0, 0.1) is 11.8 Å². The van der Waals surface area contributed by atoms with E-state index in [2.05, 4.69) is 74.8 Å². The Morgan fingerprint density at radius 2 is 1.81 bits per heavy atom. The Kier molecular flexibility index (Phi) is 9.04. The first-order valence-corrected chi connectivity index (χ1v) is 16.8. The molecule has 0 radical (unpaired) electrons. The van der Waals surface area contributed by atoms with E-state index >= 15 is 0 Å². The fourth-order valence-corrected chi connectivity index (χ4v) is 6.41. The third kappa shape index (κ3) is 6.61. The van der Waals surface area contributed by atoms with Gasteiger partial charge in [0.15, 0.2) is 0 Å². The molecule has 52 heavy (non-hydrogen) atoms. The molecule has 6 aromatic rings. The molecule has 2 aromatic carbocycles. The number of piperidine rings is 1. The molecule has 7 rings (SSSR count). The van der Waals surface area contributed by atoms with E-state index in [1.807, 2.05) is 37.5 Å². The van der Waals surface area contributed by atoms with E-state index in [0.717, 1.165) is 49.8 Å². The number of imidazole rings is 1. The number of rotatable bonds is 7. The largest absolute Gasteiger partial charge is 0.358 e. The third-order valence-corrected chi connectivity index (χ3v) is 9.16. The summed E-state index contributed by atoms with van der Waals surface area (Å²) >= 11 is 0. The molecular formula is C39H35N9O4. The first-order chi connectivity index (χ1) is 25.1. The molecule has 0 bridgehead atoms. The van der Waals surface area contributed by atoms with E-state index < -0.39 is 11.9 Å². The maximum Gasteiger partial charge on any atom is 0.328 e. The Labute approximate surface area is 298 Å². The van der Waals surface area contributed by atoms with Crippen molar-refractivity contribution < 1.29 is 14.4 Å². The third-order valence-electron chi connectivity index (χ3n) is 9.16. The normalized spacial score (nSPS) is 14.3. The Morgan fingerprint density at radius 3 is 2.58 bits per heavy atom. The van der Waals surface area contributed by atoms with Crippen molar-refractivity contribution in [2.24, 2.45) is 14.1 Å². The molecule has 4 aromatic heterocycles. The van der Waals surface area contributed by atoms with Gasteiger partial charge in [-0.1, -0.05) is 38.0 Å². The quantitative estimate of drug-likeness (QED) is 0.165. The number of imide groups is 1. The number of aromatic nitrogens is 6. The average Bonchev–Trinajstić information content (AvgIpc) is 3.37. The van der Waals surface area contributed by atoms with Crippen molar-refractivity contribution in [1.29, 1.82) is 0 Å². The molecule has 260 valence electrons. The highest BCUT2D eigenvalue weighted by Gasteiger charge is 2.26. The zero-order valence-electron chi connectivity index (χ0n) is 29.0. The van der Waals surface area contributed by atoms with Crippen molar-refractivity contribution in [2.45, 2.75) is 38.6 Å². The van der Waals surface area contributed by atoms with Crippen LogP contribution < -0.4 is 21.6 Å². The number of nitrogens with zero attached hydrogens (tertiary/aromatic N) is 6. The van der Waals surface area contributed by atoms with Crippen LogP contribution in [-0.4, -0.2) is 59.4 Å². The molecule has 0 saturated carbocycles. The summed E-state index contributed by atoms with van der Waals surface area (Å²) in [6, 6.07) is 16.8. The zero-order chi connectivity index (χ0) is 36.5. The van der Waals surface area contributed by atoms with E-state index in [9.17, 15) is 19.2 Å². The lowest BCUT2D eigenvalue weighted by molar-refractivity contribution is -0.133. The molecule has 1 unspecified atom stereocenters. The molecule has 13 nitrogen and oxygen atoms in total. The van der Waals surface area contributed by atoms with Gasteiger partial charge >= 0.3 is 5.69 Å². The number of carbonyl (C=O) groups excluding carboxylic acids is 3. The lowest BCUT2D eigenvalue weighted by Crippen LogP contribution is -2.47. The molecular weight excluding hydrogens is 658 g/mol. The number of hydrogen-bond donors (Lipinski definition) is 3. The molecule has 3 amide bonds. The number of amides is 3. The van der Waals surface area contributed by atoms with Crippen molar-refractivity contribution in [3.05, 3.63) is 101 Å². The van der Waals surface area contributed by atoms with Crippen LogP contribution in [0.2, 0.25) is 0 Å². The van der Waals surface area contributed by atoms with Gasteiger partial charge in [0, 0.05) is 49.9 Å². The maximum atomic E-state index is 12.8. The summed E-state index contributed by atoms with van der Waals surface area (Å²) in [5.41, 5.74) is 7.04. The minimum absolute atomic E-state index is 0.0550. The molecule has 1 fully saturated rings. The predicted molar refractivity (Wildman–Crippen MR) is 197 cm³/mol. The van der Waals surface area contributed by atoms with Crippen molar-refractivity contribution in [1.82, 2.24) is 39.7 Å². The van der Waals surface area contributed by atoms with Crippen LogP contribution in [0.1, 0.15) is 54.4 Å². The topological polar surface area (TPSA) is 166 Å². The summed E-state index contributed by atoms with van der Waals surface area (Å²) in [6.07, 6.45) is 5.42. The smallest absolute Gasteiger partial charge is 0.328 e. The summed E-state index contributed by atoms with van der Waals surface area (Å²) in [4.78, 5) is 66.4. The number of fused-ring (bicyclic) bond motifs is 2. The van der Waals surface area contributed by atoms with Crippen LogP contribution in [0.3, 0.4) is 0 Å². The lowest BCUT2D eigenvalue weighted by Gasteiger charge is -2.22. The van der Waals surface area contributed by atoms with Crippen LogP contribution in [0.5, 0.6) is 0 Å². The highest BCUT2D eigenvalue weighted by atomic mass is 16.2. The number of carbonyl (C=O) groups is 3. The van der Waals surface area contributed by atoms with Crippen LogP contribution in [-0.2, 0) is 23.7 Å². The van der Waals surface area contributed by atoms with Gasteiger partial charge in [-0.3, -0.25) is 38.8 Å². The number of anilines is 1. The molecule has 3 N–H and O–H groups in total. The number of pyridine rings is 2. The highest BCUT2D eigenvalue weighted by molar-refractivity contribution is 6.02. The summed E-state index contributed by atoms with van der Waals surface area (Å²) in [7, 11) is 3.62. The van der Waals surface area contributed by atoms with E-state index in [1.165, 1.54) is 6.33 Å². The van der Waals surface area contributed by atoms with Gasteiger partial charge in [-0.15, -0.1) is 0 Å². The van der Waals surface area contributed by atoms with Crippen molar-refractivity contribution >= 4 is 45.3 Å². The second-order valence-corrected chi connectivity index (χ2v) is 12.9. The monoisotopic (exact) mass is 693 g/mol. The molecule has 0 aliphatic carbocycles. The van der Waals surface area contributed by atoms with Crippen molar-refractivity contribution in [2.75, 3.05) is 11.9 Å². The molecule has 13 heteroatoms. The number of aryl methyl sites for hydroxylation is 2. The molecule has 1 aliphatic rings. The van der Waals surface area contributed by atoms with Gasteiger partial charge in [-0.25, -0.2) is 14.8 Å². The van der Waals surface area contributed by atoms with E-state index in [4.69, 9.17) is 4.98 Å². The first kappa shape index (κ1) is 33.8. The number of benzene rings is 2. The van der Waals surface area contributed by atoms with Gasteiger partial charge in [0.05, 0.1) is 23.3 Å².